The Bertz CT molecular complexity index is 1240. The third-order valence-electron chi connectivity index (χ3n) is 7.84. The second-order valence-corrected chi connectivity index (χ2v) is 12.1. The maximum absolute atomic E-state index is 14.1. The molecule has 5 N–H and O–H groups in total. The summed E-state index contributed by atoms with van der Waals surface area (Å²) in [7, 11) is -1.91. The second kappa shape index (κ2) is 13.7. The molecule has 0 spiro atoms. The molecule has 0 bridgehead atoms. The predicted molar refractivity (Wildman–Crippen MR) is 155 cm³/mol. The van der Waals surface area contributed by atoms with Gasteiger partial charge in [-0.15, -0.1) is 0 Å². The van der Waals surface area contributed by atoms with E-state index in [4.69, 9.17) is 9.47 Å². The molecule has 2 heterocycles. The molecular weight excluding hydrogens is 543 g/mol. The lowest BCUT2D eigenvalue weighted by atomic mass is 9.77. The molecule has 2 aliphatic rings. The summed E-state index contributed by atoms with van der Waals surface area (Å²) in [6.07, 6.45) is 3.66. The van der Waals surface area contributed by atoms with Crippen LogP contribution >= 0.6 is 0 Å². The van der Waals surface area contributed by atoms with Gasteiger partial charge in [0, 0.05) is 24.6 Å². The van der Waals surface area contributed by atoms with E-state index in [9.17, 15) is 29.5 Å². The molecule has 1 aromatic carbocycles. The van der Waals surface area contributed by atoms with Crippen molar-refractivity contribution in [1.82, 2.24) is 20.5 Å². The Labute approximate surface area is 245 Å². The van der Waals surface area contributed by atoms with Gasteiger partial charge < -0.3 is 40.2 Å². The number of hydrogen-bond donors (Lipinski definition) is 5. The molecule has 0 unspecified atom stereocenters. The van der Waals surface area contributed by atoms with Crippen LogP contribution in [0.25, 0.3) is 10.8 Å². The van der Waals surface area contributed by atoms with Crippen LogP contribution in [-0.2, 0) is 14.3 Å². The van der Waals surface area contributed by atoms with Gasteiger partial charge in [-0.05, 0) is 55.0 Å². The van der Waals surface area contributed by atoms with Gasteiger partial charge >= 0.3 is 13.2 Å². The molecule has 4 rings (SSSR count). The summed E-state index contributed by atoms with van der Waals surface area (Å²) in [4.78, 5) is 46.1. The first kappa shape index (κ1) is 31.5. The largest absolute Gasteiger partial charge is 0.475 e. The standard InChI is InChI=1S/C29H41BN4O8/c1-29(2,3)24(33-28(38)42-19-9-5-6-10-19)27(37)34-17-20(16-22(34)25(36)32-23(13-15-35)30(39)40)41-26-21-11-7-4-8-18(21)12-14-31-26/h4,7-8,11-12,14,19-20,22-24,35,39-40H,5-6,9-10,13,15-17H2,1-3H3,(H,32,36)(H,33,38)/t20-,22+,23+,24-/m1/s1. The Morgan fingerprint density at radius 2 is 1.81 bits per heavy atom. The van der Waals surface area contributed by atoms with Crippen molar-refractivity contribution in [1.29, 1.82) is 0 Å². The molecule has 2 fully saturated rings. The molecule has 1 saturated heterocycles. The van der Waals surface area contributed by atoms with Crippen molar-refractivity contribution in [3.63, 3.8) is 0 Å². The molecule has 3 amide bonds. The molecular formula is C29H41BN4O8. The van der Waals surface area contributed by atoms with Gasteiger partial charge in [-0.2, -0.15) is 0 Å². The number of carbonyl (C=O) groups excluding carboxylic acids is 3. The molecule has 2 aromatic rings. The Balaban J connectivity index is 1.58. The van der Waals surface area contributed by atoms with Gasteiger partial charge in [0.15, 0.2) is 0 Å². The van der Waals surface area contributed by atoms with Crippen LogP contribution in [-0.4, -0.2) is 93.4 Å². The number of likely N-dealkylation sites (tertiary alicyclic amines) is 1. The van der Waals surface area contributed by atoms with Crippen molar-refractivity contribution in [2.45, 2.75) is 89.5 Å². The van der Waals surface area contributed by atoms with Crippen LogP contribution < -0.4 is 15.4 Å². The number of alkyl carbamates (subject to hydrolysis) is 1. The second-order valence-electron chi connectivity index (χ2n) is 12.1. The van der Waals surface area contributed by atoms with Gasteiger partial charge in [0.1, 0.15) is 24.3 Å². The zero-order chi connectivity index (χ0) is 30.4. The van der Waals surface area contributed by atoms with Crippen LogP contribution in [0.4, 0.5) is 4.79 Å². The number of aliphatic hydroxyl groups is 1. The summed E-state index contributed by atoms with van der Waals surface area (Å²) < 4.78 is 11.8. The molecule has 1 aliphatic heterocycles. The minimum Gasteiger partial charge on any atom is -0.472 e. The summed E-state index contributed by atoms with van der Waals surface area (Å²) in [5.74, 6) is -1.91. The number of aliphatic hydroxyl groups excluding tert-OH is 1. The molecule has 1 aliphatic carbocycles. The summed E-state index contributed by atoms with van der Waals surface area (Å²) in [5, 5.41) is 35.8. The van der Waals surface area contributed by atoms with Crippen LogP contribution in [0.2, 0.25) is 0 Å². The van der Waals surface area contributed by atoms with E-state index in [1.54, 1.807) is 6.20 Å². The van der Waals surface area contributed by atoms with Crippen LogP contribution in [0.3, 0.4) is 0 Å². The molecule has 0 radical (unpaired) electrons. The van der Waals surface area contributed by atoms with E-state index in [2.05, 4.69) is 15.6 Å². The lowest BCUT2D eigenvalue weighted by molar-refractivity contribution is -0.142. The fourth-order valence-corrected chi connectivity index (χ4v) is 5.56. The van der Waals surface area contributed by atoms with E-state index >= 15 is 0 Å². The van der Waals surface area contributed by atoms with E-state index in [0.717, 1.165) is 36.5 Å². The van der Waals surface area contributed by atoms with E-state index in [-0.39, 0.29) is 32.1 Å². The molecule has 12 nitrogen and oxygen atoms in total. The minimum atomic E-state index is -1.91. The normalized spacial score (nSPS) is 20.7. The zero-order valence-electron chi connectivity index (χ0n) is 24.4. The van der Waals surface area contributed by atoms with E-state index in [1.165, 1.54) is 4.90 Å². The lowest BCUT2D eigenvalue weighted by Gasteiger charge is -2.35. The number of rotatable bonds is 10. The van der Waals surface area contributed by atoms with Crippen LogP contribution in [0.15, 0.2) is 36.5 Å². The quantitative estimate of drug-likeness (QED) is 0.260. The topological polar surface area (TPSA) is 171 Å². The summed E-state index contributed by atoms with van der Waals surface area (Å²) in [6.45, 7) is 5.07. The number of ether oxygens (including phenoxy) is 2. The van der Waals surface area contributed by atoms with Crippen molar-refractivity contribution >= 4 is 35.8 Å². The third kappa shape index (κ3) is 7.70. The Hall–Kier alpha value is -3.42. The number of fused-ring (bicyclic) bond motifs is 1. The van der Waals surface area contributed by atoms with E-state index < -0.39 is 54.6 Å². The van der Waals surface area contributed by atoms with Gasteiger partial charge in [0.25, 0.3) is 0 Å². The summed E-state index contributed by atoms with van der Waals surface area (Å²) in [5.41, 5.74) is -0.732. The molecule has 42 heavy (non-hydrogen) atoms. The lowest BCUT2D eigenvalue weighted by Crippen LogP contribution is -2.59. The monoisotopic (exact) mass is 584 g/mol. The average Bonchev–Trinajstić information content (AvgIpc) is 3.61. The Morgan fingerprint density at radius 1 is 1.10 bits per heavy atom. The highest BCUT2D eigenvalue weighted by Gasteiger charge is 2.46. The van der Waals surface area contributed by atoms with Crippen molar-refractivity contribution in [3.05, 3.63) is 36.5 Å². The highest BCUT2D eigenvalue weighted by Crippen LogP contribution is 2.30. The molecule has 13 heteroatoms. The van der Waals surface area contributed by atoms with Crippen LogP contribution in [0.1, 0.15) is 59.3 Å². The number of nitrogens with zero attached hydrogens (tertiary/aromatic N) is 2. The fraction of sp³-hybridized carbons (Fsp3) is 0.586. The van der Waals surface area contributed by atoms with Crippen LogP contribution in [0.5, 0.6) is 5.88 Å². The molecule has 1 aromatic heterocycles. The highest BCUT2D eigenvalue weighted by molar-refractivity contribution is 6.43. The first-order valence-electron chi connectivity index (χ1n) is 14.5. The molecule has 4 atom stereocenters. The van der Waals surface area contributed by atoms with Gasteiger partial charge in [-0.25, -0.2) is 9.78 Å². The number of carbonyl (C=O) groups is 3. The summed E-state index contributed by atoms with van der Waals surface area (Å²) >= 11 is 0. The van der Waals surface area contributed by atoms with Crippen molar-refractivity contribution in [2.75, 3.05) is 13.2 Å². The minimum absolute atomic E-state index is 0.0279. The first-order chi connectivity index (χ1) is 20.0. The SMILES string of the molecule is CC(C)(C)[C@H](NC(=O)OC1CCCC1)C(=O)N1C[C@H](Oc2nccc3ccccc23)C[C@H]1C(=O)N[C@@H](CCO)B(O)O. The zero-order valence-corrected chi connectivity index (χ0v) is 24.4. The van der Waals surface area contributed by atoms with Gasteiger partial charge in [-0.1, -0.05) is 39.0 Å². The molecule has 228 valence electrons. The molecule has 1 saturated carbocycles. The Kier molecular flexibility index (Phi) is 10.3. The average molecular weight is 584 g/mol. The number of pyridine rings is 1. The van der Waals surface area contributed by atoms with Gasteiger partial charge in [0.05, 0.1) is 12.5 Å². The number of amides is 3. The maximum Gasteiger partial charge on any atom is 0.475 e. The first-order valence-corrected chi connectivity index (χ1v) is 14.5. The van der Waals surface area contributed by atoms with E-state index in [0.29, 0.717) is 5.88 Å². The van der Waals surface area contributed by atoms with Crippen molar-refractivity contribution in [2.24, 2.45) is 5.41 Å². The number of nitrogens with one attached hydrogen (secondary N) is 2. The number of aromatic nitrogens is 1. The van der Waals surface area contributed by atoms with E-state index in [1.807, 2.05) is 51.1 Å². The van der Waals surface area contributed by atoms with Crippen molar-refractivity contribution < 1.29 is 39.0 Å². The maximum atomic E-state index is 14.1. The van der Waals surface area contributed by atoms with Gasteiger partial charge in [-0.3, -0.25) is 9.59 Å². The van der Waals surface area contributed by atoms with Crippen LogP contribution in [0, 0.1) is 5.41 Å². The number of hydrogen-bond acceptors (Lipinski definition) is 9. The fourth-order valence-electron chi connectivity index (χ4n) is 5.56. The highest BCUT2D eigenvalue weighted by atomic mass is 16.6. The smallest absolute Gasteiger partial charge is 0.472 e. The Morgan fingerprint density at radius 3 is 2.48 bits per heavy atom. The third-order valence-corrected chi connectivity index (χ3v) is 7.84. The van der Waals surface area contributed by atoms with Gasteiger partial charge in [0.2, 0.25) is 17.7 Å². The predicted octanol–water partition coefficient (Wildman–Crippen LogP) is 1.55. The number of benzene rings is 1. The van der Waals surface area contributed by atoms with Crippen molar-refractivity contribution in [3.8, 4) is 5.88 Å². The summed E-state index contributed by atoms with van der Waals surface area (Å²) in [6, 6.07) is 7.35.